The van der Waals surface area contributed by atoms with Crippen molar-refractivity contribution in [2.45, 2.75) is 61.1 Å². The van der Waals surface area contributed by atoms with Crippen molar-refractivity contribution in [3.63, 3.8) is 0 Å². The van der Waals surface area contributed by atoms with E-state index in [0.717, 1.165) is 17.7 Å². The third-order valence-corrected chi connectivity index (χ3v) is 4.40. The van der Waals surface area contributed by atoms with Gasteiger partial charge in [0.2, 0.25) is 0 Å². The molecule has 3 unspecified atom stereocenters. The Morgan fingerprint density at radius 2 is 1.96 bits per heavy atom. The Morgan fingerprint density at radius 1 is 1.36 bits per heavy atom. The van der Waals surface area contributed by atoms with Crippen molar-refractivity contribution in [2.75, 3.05) is 0 Å². The average molecular weight is 347 g/mol. The first-order valence-electron chi connectivity index (χ1n) is 8.59. The van der Waals surface area contributed by atoms with Gasteiger partial charge in [0, 0.05) is 17.0 Å². The summed E-state index contributed by atoms with van der Waals surface area (Å²) in [6, 6.07) is 0. The van der Waals surface area contributed by atoms with Gasteiger partial charge in [0.25, 0.3) is 0 Å². The highest BCUT2D eigenvalue weighted by Crippen LogP contribution is 2.43. The van der Waals surface area contributed by atoms with Crippen LogP contribution >= 0.6 is 0 Å². The van der Waals surface area contributed by atoms with Crippen LogP contribution in [0.4, 0.5) is 8.78 Å². The summed E-state index contributed by atoms with van der Waals surface area (Å²) in [6.07, 6.45) is 10.8. The molecule has 3 atom stereocenters. The molecule has 0 saturated carbocycles. The van der Waals surface area contributed by atoms with Crippen molar-refractivity contribution in [1.82, 2.24) is 0 Å². The number of nitrogens with zero attached hydrogens (tertiary/aromatic N) is 1. The molecule has 1 aliphatic carbocycles. The highest BCUT2D eigenvalue weighted by molar-refractivity contribution is 5.99. The molecule has 0 radical (unpaired) electrons. The van der Waals surface area contributed by atoms with Crippen LogP contribution in [0.1, 0.15) is 54.9 Å². The third kappa shape index (κ3) is 7.22. The number of allylic oxidation sites excluding steroid dienone is 7. The first-order chi connectivity index (χ1) is 11.7. The maximum atomic E-state index is 14.3. The van der Waals surface area contributed by atoms with Crippen molar-refractivity contribution in [3.05, 3.63) is 48.0 Å². The number of hydrogen-bond acceptors (Lipinski definition) is 1. The third-order valence-electron chi connectivity index (χ3n) is 4.40. The van der Waals surface area contributed by atoms with E-state index >= 15 is 0 Å². The molecule has 0 bridgehead atoms. The van der Waals surface area contributed by atoms with Crippen LogP contribution in [0.15, 0.2) is 53.0 Å². The number of aliphatic imine (C=N–C) groups is 1. The summed E-state index contributed by atoms with van der Waals surface area (Å²) in [4.78, 5) is 4.16. The fourth-order valence-corrected chi connectivity index (χ4v) is 2.74. The maximum Gasteiger partial charge on any atom is 0.115 e. The van der Waals surface area contributed by atoms with Crippen LogP contribution in [-0.4, -0.2) is 11.9 Å². The van der Waals surface area contributed by atoms with Crippen LogP contribution in [0.5, 0.6) is 0 Å². The lowest BCUT2D eigenvalue weighted by Crippen LogP contribution is -2.36. The molecule has 0 aliphatic heterocycles. The van der Waals surface area contributed by atoms with Gasteiger partial charge < -0.3 is 0 Å². The molecule has 0 heterocycles. The lowest BCUT2D eigenvalue weighted by Gasteiger charge is -2.39. The Morgan fingerprint density at radius 3 is 2.40 bits per heavy atom. The number of halogens is 2. The van der Waals surface area contributed by atoms with Crippen molar-refractivity contribution < 1.29 is 8.78 Å². The average Bonchev–Trinajstić information content (AvgIpc) is 2.59. The van der Waals surface area contributed by atoms with Crippen LogP contribution in [0.3, 0.4) is 0 Å². The smallest absolute Gasteiger partial charge is 0.115 e. The van der Waals surface area contributed by atoms with Gasteiger partial charge in [-0.3, -0.25) is 4.99 Å². The molecule has 0 spiro atoms. The monoisotopic (exact) mass is 347 g/mol. The Bertz CT molecular complexity index is 614. The zero-order valence-corrected chi connectivity index (χ0v) is 16.5. The molecule has 1 rings (SSSR count). The van der Waals surface area contributed by atoms with Gasteiger partial charge in [-0.25, -0.2) is 8.78 Å². The van der Waals surface area contributed by atoms with Gasteiger partial charge in [-0.2, -0.15) is 0 Å². The number of hydrogen-bond donors (Lipinski definition) is 0. The molecule has 0 aromatic rings. The zero-order chi connectivity index (χ0) is 19.5. The second-order valence-electron chi connectivity index (χ2n) is 6.25. The molecule has 0 N–H and O–H groups in total. The van der Waals surface area contributed by atoms with Gasteiger partial charge in [-0.05, 0) is 53.5 Å². The predicted octanol–water partition coefficient (Wildman–Crippen LogP) is 6.75. The van der Waals surface area contributed by atoms with Crippen LogP contribution in [-0.2, 0) is 0 Å². The normalized spacial score (nSPS) is 21.5. The van der Waals surface area contributed by atoms with Crippen LogP contribution in [0, 0.1) is 23.2 Å². The summed E-state index contributed by atoms with van der Waals surface area (Å²) in [5.74, 6) is 5.02. The van der Waals surface area contributed by atoms with E-state index in [9.17, 15) is 8.78 Å². The molecule has 138 valence electrons. The maximum absolute atomic E-state index is 14.3. The number of rotatable bonds is 5. The van der Waals surface area contributed by atoms with Gasteiger partial charge in [-0.15, -0.1) is 11.8 Å². The minimum Gasteiger partial charge on any atom is -0.259 e. The standard InChI is InChI=1S/C18H25F2N.C4H6/c1-6-11-18(5,15(4)20)17-10-8-7-9-16(17)14(3)21-12-13(2)19;1-3-4-2/h6-9,11-12,15,17H,10H2,1-5H3;1-2H3/b11-6?,13-12+,21-14?;. The molecule has 1 nitrogen and oxygen atoms in total. The highest BCUT2D eigenvalue weighted by atomic mass is 19.1. The van der Waals surface area contributed by atoms with E-state index in [2.05, 4.69) is 16.8 Å². The first-order valence-corrected chi connectivity index (χ1v) is 8.59. The van der Waals surface area contributed by atoms with E-state index in [-0.39, 0.29) is 11.7 Å². The van der Waals surface area contributed by atoms with Crippen molar-refractivity contribution in [3.8, 4) is 11.8 Å². The fraction of sp³-hybridized carbons (Fsp3) is 0.500. The van der Waals surface area contributed by atoms with Crippen LogP contribution < -0.4 is 0 Å². The largest absolute Gasteiger partial charge is 0.259 e. The molecule has 0 aromatic heterocycles. The van der Waals surface area contributed by atoms with E-state index < -0.39 is 11.6 Å². The van der Waals surface area contributed by atoms with Crippen molar-refractivity contribution in [2.24, 2.45) is 16.3 Å². The second kappa shape index (κ2) is 11.6. The van der Waals surface area contributed by atoms with E-state index in [1.165, 1.54) is 13.1 Å². The minimum atomic E-state index is -0.986. The molecule has 0 amide bonds. The Balaban J connectivity index is 0.00000129. The first kappa shape index (κ1) is 23.1. The Kier molecular flexibility index (Phi) is 10.7. The quantitative estimate of drug-likeness (QED) is 0.296. The van der Waals surface area contributed by atoms with E-state index in [1.54, 1.807) is 6.92 Å². The van der Waals surface area contributed by atoms with Gasteiger partial charge >= 0.3 is 0 Å². The second-order valence-corrected chi connectivity index (χ2v) is 6.25. The van der Waals surface area contributed by atoms with Crippen LogP contribution in [0.25, 0.3) is 0 Å². The predicted molar refractivity (Wildman–Crippen MR) is 106 cm³/mol. The van der Waals surface area contributed by atoms with Crippen molar-refractivity contribution >= 4 is 5.71 Å². The molecule has 0 fully saturated rings. The number of alkyl halides is 1. The molecule has 0 aromatic carbocycles. The van der Waals surface area contributed by atoms with E-state index in [0.29, 0.717) is 0 Å². The SMILES string of the molecule is CC#CC.CC=CC(C)(C(C)F)C1CC=CC=C1C(C)=N/C=C(\C)F. The van der Waals surface area contributed by atoms with Gasteiger partial charge in [0.05, 0.1) is 6.20 Å². The zero-order valence-electron chi connectivity index (χ0n) is 16.5. The summed E-state index contributed by atoms with van der Waals surface area (Å²) in [6.45, 7) is 12.3. The lowest BCUT2D eigenvalue weighted by atomic mass is 9.66. The van der Waals surface area contributed by atoms with Gasteiger partial charge in [-0.1, -0.05) is 37.3 Å². The van der Waals surface area contributed by atoms with Gasteiger partial charge in [0.1, 0.15) is 12.0 Å². The summed E-state index contributed by atoms with van der Waals surface area (Å²) in [7, 11) is 0. The van der Waals surface area contributed by atoms with E-state index in [4.69, 9.17) is 0 Å². The molecule has 1 aliphatic rings. The summed E-state index contributed by atoms with van der Waals surface area (Å²) in [5, 5.41) is 0. The molecule has 0 saturated heterocycles. The van der Waals surface area contributed by atoms with Crippen LogP contribution in [0.2, 0.25) is 0 Å². The van der Waals surface area contributed by atoms with E-state index in [1.807, 2.05) is 65.0 Å². The van der Waals surface area contributed by atoms with Gasteiger partial charge in [0.15, 0.2) is 0 Å². The molecule has 3 heteroatoms. The summed E-state index contributed by atoms with van der Waals surface area (Å²) < 4.78 is 27.1. The summed E-state index contributed by atoms with van der Waals surface area (Å²) in [5.41, 5.74) is 1.11. The topological polar surface area (TPSA) is 12.4 Å². The summed E-state index contributed by atoms with van der Waals surface area (Å²) >= 11 is 0. The minimum absolute atomic E-state index is 0.00392. The Labute approximate surface area is 152 Å². The van der Waals surface area contributed by atoms with Crippen molar-refractivity contribution in [1.29, 1.82) is 0 Å². The Hall–Kier alpha value is -1.95. The lowest BCUT2D eigenvalue weighted by molar-refractivity contribution is 0.139. The molecular formula is C22H31F2N. The highest BCUT2D eigenvalue weighted by Gasteiger charge is 2.39. The molecular weight excluding hydrogens is 316 g/mol. The fourth-order valence-electron chi connectivity index (χ4n) is 2.74. The molecule has 25 heavy (non-hydrogen) atoms.